The highest BCUT2D eigenvalue weighted by atomic mass is 35.5. The minimum atomic E-state index is -0.594. The van der Waals surface area contributed by atoms with Crippen LogP contribution in [0.25, 0.3) is 11.1 Å². The van der Waals surface area contributed by atoms with Crippen molar-refractivity contribution in [3.05, 3.63) is 94.8 Å². The third kappa shape index (κ3) is 6.44. The fourth-order valence-corrected chi connectivity index (χ4v) is 3.15. The van der Waals surface area contributed by atoms with Crippen LogP contribution in [-0.2, 0) is 16.1 Å². The molecule has 0 radical (unpaired) electrons. The molecule has 0 saturated heterocycles. The molecule has 3 rings (SSSR count). The van der Waals surface area contributed by atoms with Crippen molar-refractivity contribution in [3.63, 3.8) is 0 Å². The van der Waals surface area contributed by atoms with Gasteiger partial charge in [-0.2, -0.15) is 0 Å². The van der Waals surface area contributed by atoms with Gasteiger partial charge in [-0.25, -0.2) is 0 Å². The summed E-state index contributed by atoms with van der Waals surface area (Å²) in [6, 6.07) is 21.4. The van der Waals surface area contributed by atoms with Crippen molar-refractivity contribution in [1.82, 2.24) is 5.32 Å². The molecule has 33 heavy (non-hydrogen) atoms. The summed E-state index contributed by atoms with van der Waals surface area (Å²) in [5.41, 5.74) is 9.08. The van der Waals surface area contributed by atoms with Gasteiger partial charge in [0.15, 0.2) is 0 Å². The van der Waals surface area contributed by atoms with E-state index in [1.54, 1.807) is 36.4 Å². The molecule has 8 heteroatoms. The van der Waals surface area contributed by atoms with Crippen molar-refractivity contribution < 1.29 is 14.3 Å². The number of nitrogens with one attached hydrogen (secondary N) is 3. The molecule has 0 fully saturated rings. The van der Waals surface area contributed by atoms with E-state index in [0.717, 1.165) is 22.9 Å². The highest BCUT2D eigenvalue weighted by Crippen LogP contribution is 2.27. The van der Waals surface area contributed by atoms with Crippen molar-refractivity contribution in [3.8, 4) is 16.9 Å². The molecule has 5 N–H and O–H groups in total. The summed E-state index contributed by atoms with van der Waals surface area (Å²) in [6.07, 6.45) is 0.851. The summed E-state index contributed by atoms with van der Waals surface area (Å²) in [6.45, 7) is 1.89. The molecule has 0 atom stereocenters. The lowest BCUT2D eigenvalue weighted by Crippen LogP contribution is -2.23. The lowest BCUT2D eigenvalue weighted by atomic mass is 9.99. The van der Waals surface area contributed by atoms with E-state index < -0.39 is 5.91 Å². The predicted octanol–water partition coefficient (Wildman–Crippen LogP) is 4.48. The Hall–Kier alpha value is -4.10. The zero-order valence-electron chi connectivity index (χ0n) is 17.9. The van der Waals surface area contributed by atoms with Crippen molar-refractivity contribution >= 4 is 35.3 Å². The van der Waals surface area contributed by atoms with Crippen molar-refractivity contribution in [2.24, 2.45) is 5.73 Å². The first-order chi connectivity index (χ1) is 15.9. The first kappa shape index (κ1) is 23.6. The lowest BCUT2D eigenvalue weighted by molar-refractivity contribution is -0.119. The van der Waals surface area contributed by atoms with Gasteiger partial charge in [-0.05, 0) is 53.1 Å². The van der Waals surface area contributed by atoms with E-state index in [-0.39, 0.29) is 17.4 Å². The molecule has 0 heterocycles. The predicted molar refractivity (Wildman–Crippen MR) is 130 cm³/mol. The molecule has 0 aliphatic heterocycles. The average molecular weight is 463 g/mol. The second kappa shape index (κ2) is 11.0. The summed E-state index contributed by atoms with van der Waals surface area (Å²) in [7, 11) is 0. The summed E-state index contributed by atoms with van der Waals surface area (Å²) in [5, 5.41) is 13.5. The molecule has 0 aliphatic rings. The maximum atomic E-state index is 12.7. The maximum Gasteiger partial charge on any atom is 0.293 e. The van der Waals surface area contributed by atoms with Crippen molar-refractivity contribution in [2.45, 2.75) is 13.5 Å². The van der Waals surface area contributed by atoms with Crippen LogP contribution in [-0.4, -0.2) is 18.0 Å². The van der Waals surface area contributed by atoms with Crippen LogP contribution in [0.2, 0.25) is 5.02 Å². The van der Waals surface area contributed by atoms with Crippen LogP contribution < -0.4 is 21.1 Å². The third-order valence-electron chi connectivity index (χ3n) is 4.66. The normalized spacial score (nSPS) is 11.2. The van der Waals surface area contributed by atoms with Crippen LogP contribution in [0.5, 0.6) is 5.75 Å². The molecule has 0 saturated carbocycles. The van der Waals surface area contributed by atoms with E-state index in [1.807, 2.05) is 36.4 Å². The molecular formula is C25H23ClN4O3. The van der Waals surface area contributed by atoms with Crippen LogP contribution >= 0.6 is 11.6 Å². The molecule has 0 spiro atoms. The number of allylic oxidation sites excluding steroid dienone is 1. The summed E-state index contributed by atoms with van der Waals surface area (Å²) in [4.78, 5) is 24.0. The monoisotopic (exact) mass is 462 g/mol. The Morgan fingerprint density at radius 1 is 1.03 bits per heavy atom. The van der Waals surface area contributed by atoms with Gasteiger partial charge in [0.25, 0.3) is 5.91 Å². The standard InChI is InChI=1S/C25H23ClN4O3/c1-16(31)29-15-18-4-2-3-5-22(18)17-6-12-21(13-7-17)33-24(23(28)14-27)25(32)30-20-10-8-19(26)9-11-20/h2-14,27H,15,28H2,1H3,(H,29,31)(H,30,32)/b24-23-,27-14?. The zero-order chi connectivity index (χ0) is 23.8. The van der Waals surface area contributed by atoms with Crippen LogP contribution in [0.1, 0.15) is 12.5 Å². The van der Waals surface area contributed by atoms with Gasteiger partial charge >= 0.3 is 0 Å². The highest BCUT2D eigenvalue weighted by molar-refractivity contribution is 6.30. The van der Waals surface area contributed by atoms with E-state index in [0.29, 0.717) is 23.0 Å². The summed E-state index contributed by atoms with van der Waals surface area (Å²) < 4.78 is 5.73. The second-order valence-electron chi connectivity index (χ2n) is 7.08. The van der Waals surface area contributed by atoms with Gasteiger partial charge < -0.3 is 26.5 Å². The minimum Gasteiger partial charge on any atom is -0.449 e. The smallest absolute Gasteiger partial charge is 0.293 e. The van der Waals surface area contributed by atoms with Crippen molar-refractivity contribution in [1.29, 1.82) is 5.41 Å². The van der Waals surface area contributed by atoms with Gasteiger partial charge in [-0.3, -0.25) is 9.59 Å². The Balaban J connectivity index is 1.79. The number of halogens is 1. The van der Waals surface area contributed by atoms with Crippen molar-refractivity contribution in [2.75, 3.05) is 5.32 Å². The number of rotatable bonds is 8. The van der Waals surface area contributed by atoms with E-state index in [4.69, 9.17) is 27.5 Å². The number of anilines is 1. The van der Waals surface area contributed by atoms with Gasteiger partial charge in [0, 0.05) is 30.4 Å². The van der Waals surface area contributed by atoms with Crippen LogP contribution in [0, 0.1) is 5.41 Å². The minimum absolute atomic E-state index is 0.103. The first-order valence-electron chi connectivity index (χ1n) is 10.0. The van der Waals surface area contributed by atoms with E-state index in [9.17, 15) is 9.59 Å². The molecule has 3 aromatic carbocycles. The average Bonchev–Trinajstić information content (AvgIpc) is 2.82. The Labute approximate surface area is 196 Å². The van der Waals surface area contributed by atoms with Gasteiger partial charge in [-0.1, -0.05) is 48.0 Å². The number of benzene rings is 3. The molecule has 0 unspecified atom stereocenters. The van der Waals surface area contributed by atoms with Crippen LogP contribution in [0.4, 0.5) is 5.69 Å². The van der Waals surface area contributed by atoms with Gasteiger partial charge in [0.05, 0.1) is 5.70 Å². The van der Waals surface area contributed by atoms with Gasteiger partial charge in [-0.15, -0.1) is 0 Å². The van der Waals surface area contributed by atoms with E-state index in [2.05, 4.69) is 10.6 Å². The Morgan fingerprint density at radius 3 is 2.33 bits per heavy atom. The molecule has 0 bridgehead atoms. The number of nitrogens with two attached hydrogens (primary N) is 1. The fourth-order valence-electron chi connectivity index (χ4n) is 3.02. The number of ether oxygens (including phenoxy) is 1. The Bertz CT molecular complexity index is 1190. The number of carbonyl (C=O) groups excluding carboxylic acids is 2. The number of carbonyl (C=O) groups is 2. The third-order valence-corrected chi connectivity index (χ3v) is 4.91. The molecular weight excluding hydrogens is 440 g/mol. The zero-order valence-corrected chi connectivity index (χ0v) is 18.6. The topological polar surface area (TPSA) is 117 Å². The van der Waals surface area contributed by atoms with Crippen LogP contribution in [0.3, 0.4) is 0 Å². The molecule has 3 aromatic rings. The highest BCUT2D eigenvalue weighted by Gasteiger charge is 2.17. The Kier molecular flexibility index (Phi) is 7.83. The SMILES string of the molecule is CC(=O)NCc1ccccc1-c1ccc(O/C(C(=O)Nc2ccc(Cl)cc2)=C(\N)C=N)cc1. The quantitative estimate of drug-likeness (QED) is 0.224. The number of amides is 2. The van der Waals surface area contributed by atoms with Crippen LogP contribution in [0.15, 0.2) is 84.3 Å². The molecule has 2 amide bonds. The molecule has 0 aromatic heterocycles. The Morgan fingerprint density at radius 2 is 1.70 bits per heavy atom. The number of hydrogen-bond acceptors (Lipinski definition) is 5. The first-order valence-corrected chi connectivity index (χ1v) is 10.4. The molecule has 0 aliphatic carbocycles. The number of hydrogen-bond donors (Lipinski definition) is 4. The van der Waals surface area contributed by atoms with Gasteiger partial charge in [0.2, 0.25) is 11.7 Å². The van der Waals surface area contributed by atoms with Gasteiger partial charge in [0.1, 0.15) is 5.75 Å². The second-order valence-corrected chi connectivity index (χ2v) is 7.52. The largest absolute Gasteiger partial charge is 0.449 e. The molecule has 7 nitrogen and oxygen atoms in total. The summed E-state index contributed by atoms with van der Waals surface area (Å²) >= 11 is 5.87. The fraction of sp³-hybridized carbons (Fsp3) is 0.0800. The maximum absolute atomic E-state index is 12.7. The summed E-state index contributed by atoms with van der Waals surface area (Å²) in [5.74, 6) is -0.514. The molecule has 168 valence electrons. The van der Waals surface area contributed by atoms with E-state index in [1.165, 1.54) is 6.92 Å². The van der Waals surface area contributed by atoms with E-state index >= 15 is 0 Å². The lowest BCUT2D eigenvalue weighted by Gasteiger charge is -2.14.